The van der Waals surface area contributed by atoms with Crippen LogP contribution in [0.5, 0.6) is 0 Å². The Labute approximate surface area is 169 Å². The van der Waals surface area contributed by atoms with Crippen molar-refractivity contribution in [2.45, 2.75) is 33.1 Å². The van der Waals surface area contributed by atoms with Crippen LogP contribution in [0.1, 0.15) is 42.1 Å². The van der Waals surface area contributed by atoms with Gasteiger partial charge in [0.2, 0.25) is 5.95 Å². The summed E-state index contributed by atoms with van der Waals surface area (Å²) in [6.07, 6.45) is 3.50. The van der Waals surface area contributed by atoms with Crippen LogP contribution in [0.3, 0.4) is 0 Å². The Morgan fingerprint density at radius 2 is 1.76 bits per heavy atom. The maximum absolute atomic E-state index is 12.4. The number of nitrogens with zero attached hydrogens (tertiary/aromatic N) is 5. The van der Waals surface area contributed by atoms with Gasteiger partial charge in [-0.25, -0.2) is 9.97 Å². The second-order valence-corrected chi connectivity index (χ2v) is 7.76. The third kappa shape index (κ3) is 3.05. The summed E-state index contributed by atoms with van der Waals surface area (Å²) in [6, 6.07) is 13.9. The molecule has 0 amide bonds. The summed E-state index contributed by atoms with van der Waals surface area (Å²) in [5.41, 5.74) is 4.09. The van der Waals surface area contributed by atoms with E-state index in [1.165, 1.54) is 6.42 Å². The number of aryl methyl sites for hydroxylation is 1. The Hall–Kier alpha value is -3.28. The quantitative estimate of drug-likeness (QED) is 0.488. The number of hydrogen-bond donors (Lipinski definition) is 0. The van der Waals surface area contributed by atoms with Gasteiger partial charge in [0.25, 0.3) is 0 Å². The van der Waals surface area contributed by atoms with E-state index in [0.29, 0.717) is 16.9 Å². The van der Waals surface area contributed by atoms with Crippen molar-refractivity contribution in [2.24, 2.45) is 0 Å². The molecule has 6 nitrogen and oxygen atoms in total. The lowest BCUT2D eigenvalue weighted by atomic mass is 10.0. The molecule has 2 aromatic heterocycles. The van der Waals surface area contributed by atoms with Crippen molar-refractivity contribution in [3.63, 3.8) is 0 Å². The monoisotopic (exact) mass is 385 g/mol. The maximum Gasteiger partial charge on any atom is 0.229 e. The lowest BCUT2D eigenvalue weighted by molar-refractivity contribution is 0.101. The molecule has 0 aliphatic carbocycles. The molecule has 5 rings (SSSR count). The van der Waals surface area contributed by atoms with Gasteiger partial charge in [0.05, 0.1) is 5.52 Å². The number of carbonyl (C=O) groups is 1. The topological polar surface area (TPSA) is 63.4 Å². The number of piperidine rings is 1. The molecule has 29 heavy (non-hydrogen) atoms. The SMILES string of the molecule is CC(=O)c1cc(C)cc2c1nc(N1CCCCC1)n1nc(-c3ccccc3)nc21. The van der Waals surface area contributed by atoms with Crippen LogP contribution in [0, 0.1) is 6.92 Å². The van der Waals surface area contributed by atoms with Crippen LogP contribution < -0.4 is 4.90 Å². The first-order chi connectivity index (χ1) is 14.1. The Kier molecular flexibility index (Phi) is 4.27. The standard InChI is InChI=1S/C23H23N5O/c1-15-13-18(16(2)29)20-19(14-15)22-25-21(17-9-5-3-6-10-17)26-28(22)23(24-20)27-11-7-4-8-12-27/h3,5-6,9-10,13-14H,4,7-8,11-12H2,1-2H3. The van der Waals surface area contributed by atoms with Gasteiger partial charge in [-0.05, 0) is 50.8 Å². The fraction of sp³-hybridized carbons (Fsp3) is 0.304. The largest absolute Gasteiger partial charge is 0.341 e. The molecule has 1 saturated heterocycles. The van der Waals surface area contributed by atoms with Crippen LogP contribution in [-0.2, 0) is 0 Å². The number of rotatable bonds is 3. The summed E-state index contributed by atoms with van der Waals surface area (Å²) in [5, 5.41) is 5.70. The molecule has 2 aromatic carbocycles. The van der Waals surface area contributed by atoms with E-state index >= 15 is 0 Å². The van der Waals surface area contributed by atoms with Crippen molar-refractivity contribution >= 4 is 28.3 Å². The smallest absolute Gasteiger partial charge is 0.229 e. The van der Waals surface area contributed by atoms with E-state index in [0.717, 1.165) is 54.0 Å². The Morgan fingerprint density at radius 1 is 1.00 bits per heavy atom. The Balaban J connectivity index is 1.85. The normalized spacial score (nSPS) is 14.6. The molecule has 4 aromatic rings. The van der Waals surface area contributed by atoms with E-state index in [4.69, 9.17) is 15.1 Å². The van der Waals surface area contributed by atoms with E-state index in [1.807, 2.05) is 53.9 Å². The number of Topliss-reactive ketones (excluding diaryl/α,β-unsaturated/α-hetero) is 1. The fourth-order valence-electron chi connectivity index (χ4n) is 4.12. The average molecular weight is 385 g/mol. The van der Waals surface area contributed by atoms with Gasteiger partial charge in [0, 0.05) is 29.6 Å². The number of benzene rings is 2. The lowest BCUT2D eigenvalue weighted by Crippen LogP contribution is -2.32. The summed E-state index contributed by atoms with van der Waals surface area (Å²) in [4.78, 5) is 24.5. The van der Waals surface area contributed by atoms with Gasteiger partial charge in [-0.15, -0.1) is 5.10 Å². The molecule has 0 spiro atoms. The van der Waals surface area contributed by atoms with Crippen LogP contribution in [0.2, 0.25) is 0 Å². The average Bonchev–Trinajstić information content (AvgIpc) is 3.20. The van der Waals surface area contributed by atoms with Crippen LogP contribution in [0.4, 0.5) is 5.95 Å². The van der Waals surface area contributed by atoms with Crippen molar-refractivity contribution in [1.82, 2.24) is 19.6 Å². The molecular formula is C23H23N5O. The molecular weight excluding hydrogens is 362 g/mol. The summed E-state index contributed by atoms with van der Waals surface area (Å²) in [5.74, 6) is 1.46. The zero-order valence-corrected chi connectivity index (χ0v) is 16.7. The first-order valence-corrected chi connectivity index (χ1v) is 10.1. The number of anilines is 1. The van der Waals surface area contributed by atoms with Crippen molar-refractivity contribution < 1.29 is 4.79 Å². The molecule has 0 bridgehead atoms. The molecule has 0 saturated carbocycles. The molecule has 1 fully saturated rings. The summed E-state index contributed by atoms with van der Waals surface area (Å²) in [6.45, 7) is 5.47. The van der Waals surface area contributed by atoms with Gasteiger partial charge < -0.3 is 4.90 Å². The van der Waals surface area contributed by atoms with Gasteiger partial charge in [0.1, 0.15) is 0 Å². The lowest BCUT2D eigenvalue weighted by Gasteiger charge is -2.28. The zero-order valence-electron chi connectivity index (χ0n) is 16.7. The molecule has 146 valence electrons. The molecule has 6 heteroatoms. The molecule has 0 unspecified atom stereocenters. The van der Waals surface area contributed by atoms with Gasteiger partial charge in [-0.3, -0.25) is 4.79 Å². The van der Waals surface area contributed by atoms with E-state index in [-0.39, 0.29) is 5.78 Å². The van der Waals surface area contributed by atoms with Crippen molar-refractivity contribution in [1.29, 1.82) is 0 Å². The highest BCUT2D eigenvalue weighted by molar-refractivity contribution is 6.09. The van der Waals surface area contributed by atoms with Gasteiger partial charge in [0.15, 0.2) is 17.3 Å². The maximum atomic E-state index is 12.4. The highest BCUT2D eigenvalue weighted by Crippen LogP contribution is 2.30. The predicted molar refractivity (Wildman–Crippen MR) is 115 cm³/mol. The van der Waals surface area contributed by atoms with Crippen molar-refractivity contribution in [3.05, 3.63) is 53.6 Å². The van der Waals surface area contributed by atoms with Crippen LogP contribution in [-0.4, -0.2) is 38.5 Å². The Bertz CT molecular complexity index is 1220. The summed E-state index contributed by atoms with van der Waals surface area (Å²) < 4.78 is 1.86. The van der Waals surface area contributed by atoms with E-state index in [1.54, 1.807) is 6.92 Å². The van der Waals surface area contributed by atoms with Crippen molar-refractivity contribution in [3.8, 4) is 11.4 Å². The van der Waals surface area contributed by atoms with Crippen LogP contribution in [0.15, 0.2) is 42.5 Å². The van der Waals surface area contributed by atoms with Crippen LogP contribution in [0.25, 0.3) is 27.9 Å². The van der Waals surface area contributed by atoms with Gasteiger partial charge in [-0.1, -0.05) is 30.3 Å². The van der Waals surface area contributed by atoms with Crippen molar-refractivity contribution in [2.75, 3.05) is 18.0 Å². The van der Waals surface area contributed by atoms with Gasteiger partial charge >= 0.3 is 0 Å². The highest BCUT2D eigenvalue weighted by atomic mass is 16.1. The Morgan fingerprint density at radius 3 is 2.48 bits per heavy atom. The van der Waals surface area contributed by atoms with Gasteiger partial charge in [-0.2, -0.15) is 4.52 Å². The third-order valence-electron chi connectivity index (χ3n) is 5.55. The molecule has 1 aliphatic heterocycles. The number of fused-ring (bicyclic) bond motifs is 3. The predicted octanol–water partition coefficient (Wildman–Crippen LogP) is 4.45. The summed E-state index contributed by atoms with van der Waals surface area (Å²) in [7, 11) is 0. The van der Waals surface area contributed by atoms with E-state index < -0.39 is 0 Å². The minimum absolute atomic E-state index is 0.0166. The van der Waals surface area contributed by atoms with Crippen LogP contribution >= 0.6 is 0 Å². The molecule has 0 atom stereocenters. The molecule has 0 N–H and O–H groups in total. The summed E-state index contributed by atoms with van der Waals surface area (Å²) >= 11 is 0. The first-order valence-electron chi connectivity index (χ1n) is 10.1. The first kappa shape index (κ1) is 17.8. The molecule has 3 heterocycles. The third-order valence-corrected chi connectivity index (χ3v) is 5.55. The minimum atomic E-state index is 0.0166. The number of ketones is 1. The second-order valence-electron chi connectivity index (χ2n) is 7.76. The highest BCUT2D eigenvalue weighted by Gasteiger charge is 2.22. The number of hydrogen-bond acceptors (Lipinski definition) is 5. The molecule has 1 aliphatic rings. The molecule has 0 radical (unpaired) electrons. The van der Waals surface area contributed by atoms with E-state index in [9.17, 15) is 4.79 Å². The van der Waals surface area contributed by atoms with E-state index in [2.05, 4.69) is 4.90 Å². The number of carbonyl (C=O) groups excluding carboxylic acids is 1. The minimum Gasteiger partial charge on any atom is -0.341 e. The second kappa shape index (κ2) is 6.95. The zero-order chi connectivity index (χ0) is 20.0. The number of aromatic nitrogens is 4. The fourth-order valence-corrected chi connectivity index (χ4v) is 4.12.